The van der Waals surface area contributed by atoms with Gasteiger partial charge in [-0.05, 0) is 12.2 Å². The average Bonchev–Trinajstić information content (AvgIpc) is 2.20. The Balaban J connectivity index is 0.000000980. The van der Waals surface area contributed by atoms with Crippen LogP contribution in [0.25, 0.3) is 5.57 Å². The number of aryl methyl sites for hydroxylation is 1. The van der Waals surface area contributed by atoms with Crippen molar-refractivity contribution in [1.82, 2.24) is 0 Å². The molecule has 0 N–H and O–H groups in total. The molecule has 1 aromatic rings. The van der Waals surface area contributed by atoms with Crippen LogP contribution in [0.15, 0.2) is 42.5 Å². The summed E-state index contributed by atoms with van der Waals surface area (Å²) in [6, 6.07) is 9.25. The molecule has 0 bridgehead atoms. The molecule has 0 fully saturated rings. The topological polar surface area (TPSA) is 0 Å². The largest absolute Gasteiger partial charge is 0.141 e. The molecule has 0 unspecified atom stereocenters. The van der Waals surface area contributed by atoms with Crippen molar-refractivity contribution in [2.24, 2.45) is 0 Å². The quantitative estimate of drug-likeness (QED) is 0.677. The van der Waals surface area contributed by atoms with Gasteiger partial charge in [0, 0.05) is 32.3 Å². The minimum Gasteiger partial charge on any atom is -0.141 e. The maximum atomic E-state index is 3.22. The zero-order chi connectivity index (χ0) is 9.10. The molecular formula is C13H10Ir. The molecule has 1 aliphatic rings. The SMILES string of the molecule is Cc1ccc[c-]c1C1=CC=CC=[C+]1.[Ir]. The third kappa shape index (κ3) is 2.27. The first-order chi connectivity index (χ1) is 6.38. The zero-order valence-electron chi connectivity index (χ0n) is 7.87. The second kappa shape index (κ2) is 5.02. The third-order valence-corrected chi connectivity index (χ3v) is 2.04. The summed E-state index contributed by atoms with van der Waals surface area (Å²) in [5.41, 5.74) is 3.49. The summed E-state index contributed by atoms with van der Waals surface area (Å²) < 4.78 is 0. The van der Waals surface area contributed by atoms with E-state index in [0.717, 1.165) is 11.1 Å². The molecule has 0 aliphatic heterocycles. The summed E-state index contributed by atoms with van der Waals surface area (Å²) >= 11 is 0. The molecule has 1 radical (unpaired) electrons. The van der Waals surface area contributed by atoms with Gasteiger partial charge in [0.2, 0.25) is 0 Å². The summed E-state index contributed by atoms with van der Waals surface area (Å²) in [6.07, 6.45) is 11.2. The Kier molecular flexibility index (Phi) is 3.97. The number of benzene rings is 1. The third-order valence-electron chi connectivity index (χ3n) is 2.04. The van der Waals surface area contributed by atoms with Crippen molar-refractivity contribution in [2.45, 2.75) is 6.92 Å². The first-order valence-corrected chi connectivity index (χ1v) is 4.32. The second-order valence-corrected chi connectivity index (χ2v) is 3.00. The van der Waals surface area contributed by atoms with E-state index in [-0.39, 0.29) is 20.1 Å². The Morgan fingerprint density at radius 1 is 1.29 bits per heavy atom. The number of rotatable bonds is 1. The van der Waals surface area contributed by atoms with E-state index in [1.54, 1.807) is 0 Å². The van der Waals surface area contributed by atoms with Gasteiger partial charge in [-0.2, -0.15) is 0 Å². The van der Waals surface area contributed by atoms with E-state index in [9.17, 15) is 0 Å². The van der Waals surface area contributed by atoms with E-state index in [1.165, 1.54) is 5.56 Å². The summed E-state index contributed by atoms with van der Waals surface area (Å²) in [6.45, 7) is 2.09. The molecule has 1 aliphatic carbocycles. The Bertz CT molecular complexity index is 397. The predicted octanol–water partition coefficient (Wildman–Crippen LogP) is 3.11. The maximum Gasteiger partial charge on any atom is 0.0745 e. The summed E-state index contributed by atoms with van der Waals surface area (Å²) in [5, 5.41) is 0. The zero-order valence-corrected chi connectivity index (χ0v) is 10.3. The second-order valence-electron chi connectivity index (χ2n) is 3.00. The van der Waals surface area contributed by atoms with Crippen LogP contribution in [0, 0.1) is 19.1 Å². The van der Waals surface area contributed by atoms with Crippen LogP contribution in [0.5, 0.6) is 0 Å². The molecule has 14 heavy (non-hydrogen) atoms. The Morgan fingerprint density at radius 3 is 2.79 bits per heavy atom. The van der Waals surface area contributed by atoms with E-state index in [0.29, 0.717) is 0 Å². The van der Waals surface area contributed by atoms with Crippen molar-refractivity contribution in [3.63, 3.8) is 0 Å². The van der Waals surface area contributed by atoms with Crippen LogP contribution >= 0.6 is 0 Å². The van der Waals surface area contributed by atoms with Crippen LogP contribution in [0.1, 0.15) is 11.1 Å². The Labute approximate surface area is 98.4 Å². The normalized spacial score (nSPS) is 12.8. The fourth-order valence-corrected chi connectivity index (χ4v) is 1.36. The van der Waals surface area contributed by atoms with Crippen molar-refractivity contribution in [2.75, 3.05) is 0 Å². The van der Waals surface area contributed by atoms with Crippen LogP contribution in [0.3, 0.4) is 0 Å². The van der Waals surface area contributed by atoms with E-state index >= 15 is 0 Å². The van der Waals surface area contributed by atoms with Crippen molar-refractivity contribution >= 4 is 5.57 Å². The van der Waals surface area contributed by atoms with Crippen LogP contribution in [-0.2, 0) is 20.1 Å². The van der Waals surface area contributed by atoms with Crippen molar-refractivity contribution in [3.05, 3.63) is 65.8 Å². The molecule has 1 heteroatoms. The van der Waals surface area contributed by atoms with Crippen molar-refractivity contribution in [3.8, 4) is 0 Å². The molecule has 0 heterocycles. The van der Waals surface area contributed by atoms with Crippen LogP contribution in [0.2, 0.25) is 0 Å². The monoisotopic (exact) mass is 359 g/mol. The summed E-state index contributed by atoms with van der Waals surface area (Å²) in [7, 11) is 0. The number of hydrogen-bond donors (Lipinski definition) is 0. The maximum absolute atomic E-state index is 3.22. The van der Waals surface area contributed by atoms with E-state index in [4.69, 9.17) is 0 Å². The molecule has 0 amide bonds. The van der Waals surface area contributed by atoms with Crippen LogP contribution < -0.4 is 0 Å². The van der Waals surface area contributed by atoms with Crippen molar-refractivity contribution in [1.29, 1.82) is 0 Å². The molecule has 0 saturated carbocycles. The van der Waals surface area contributed by atoms with E-state index in [2.05, 4.69) is 31.2 Å². The van der Waals surface area contributed by atoms with E-state index in [1.807, 2.05) is 30.4 Å². The molecule has 0 atom stereocenters. The minimum absolute atomic E-state index is 0. The Hall–Kier alpha value is -1.00. The van der Waals surface area contributed by atoms with Crippen molar-refractivity contribution < 1.29 is 20.1 Å². The molecule has 0 spiro atoms. The minimum atomic E-state index is 0. The molecule has 71 valence electrons. The molecule has 2 rings (SSSR count). The predicted molar refractivity (Wildman–Crippen MR) is 54.9 cm³/mol. The first-order valence-electron chi connectivity index (χ1n) is 4.32. The van der Waals surface area contributed by atoms with E-state index < -0.39 is 0 Å². The number of allylic oxidation sites excluding steroid dienone is 6. The van der Waals surface area contributed by atoms with Gasteiger partial charge in [-0.15, -0.1) is 18.2 Å². The van der Waals surface area contributed by atoms with Gasteiger partial charge in [-0.1, -0.05) is 24.1 Å². The smallest absolute Gasteiger partial charge is 0.0745 e. The molecule has 1 aromatic carbocycles. The Morgan fingerprint density at radius 2 is 2.14 bits per heavy atom. The van der Waals surface area contributed by atoms with Crippen LogP contribution in [0.4, 0.5) is 0 Å². The fraction of sp³-hybridized carbons (Fsp3) is 0.0769. The average molecular weight is 358 g/mol. The van der Waals surface area contributed by atoms with Crippen LogP contribution in [-0.4, -0.2) is 0 Å². The molecule has 0 saturated heterocycles. The molecule has 0 aromatic heterocycles. The molecular weight excluding hydrogens is 348 g/mol. The van der Waals surface area contributed by atoms with Gasteiger partial charge in [-0.3, -0.25) is 0 Å². The van der Waals surface area contributed by atoms with Gasteiger partial charge in [-0.25, -0.2) is 0 Å². The standard InChI is InChI=1S/C13H10.Ir/c1-11-7-5-6-10-13(11)12-8-3-2-4-9-12;/h2-8H,1H3;. The van der Waals surface area contributed by atoms with Gasteiger partial charge in [0.25, 0.3) is 0 Å². The van der Waals surface area contributed by atoms with Gasteiger partial charge in [0.15, 0.2) is 0 Å². The van der Waals surface area contributed by atoms with Gasteiger partial charge in [0.05, 0.1) is 11.6 Å². The van der Waals surface area contributed by atoms with Gasteiger partial charge < -0.3 is 0 Å². The van der Waals surface area contributed by atoms with Gasteiger partial charge >= 0.3 is 0 Å². The summed E-state index contributed by atoms with van der Waals surface area (Å²) in [5.74, 6) is 0. The number of hydrogen-bond acceptors (Lipinski definition) is 0. The first kappa shape index (κ1) is 11.1. The summed E-state index contributed by atoms with van der Waals surface area (Å²) in [4.78, 5) is 0. The van der Waals surface area contributed by atoms with Gasteiger partial charge in [0.1, 0.15) is 0 Å². The fourth-order valence-electron chi connectivity index (χ4n) is 1.36. The molecule has 0 nitrogen and oxygen atoms in total.